The smallest absolute Gasteiger partial charge is 0.257 e. The molecule has 0 aromatic carbocycles. The van der Waals surface area contributed by atoms with Crippen molar-refractivity contribution in [2.24, 2.45) is 18.0 Å². The molecule has 0 spiro atoms. The first-order valence-corrected chi connectivity index (χ1v) is 14.3. The van der Waals surface area contributed by atoms with Crippen molar-refractivity contribution in [3.8, 4) is 11.4 Å². The number of amides is 2. The molecule has 2 atom stereocenters. The Morgan fingerprint density at radius 3 is 2.56 bits per heavy atom. The van der Waals surface area contributed by atoms with Crippen molar-refractivity contribution in [2.45, 2.75) is 45.7 Å². The van der Waals surface area contributed by atoms with E-state index in [-0.39, 0.29) is 24.4 Å². The average molecular weight is 560 g/mol. The van der Waals surface area contributed by atoms with Gasteiger partial charge in [0.25, 0.3) is 11.8 Å². The van der Waals surface area contributed by atoms with Gasteiger partial charge in [0.1, 0.15) is 5.82 Å². The highest BCUT2D eigenvalue weighted by Crippen LogP contribution is 2.33. The van der Waals surface area contributed by atoms with E-state index < -0.39 is 5.92 Å². The number of aromatic nitrogens is 3. The highest BCUT2D eigenvalue weighted by atomic mass is 16.5. The van der Waals surface area contributed by atoms with Gasteiger partial charge >= 0.3 is 0 Å². The summed E-state index contributed by atoms with van der Waals surface area (Å²) in [5.41, 5.74) is 5.38. The standard InChI is InChI=1S/C31H41N7O3/c1-19-14-27(41-7)34-31(40)26(19)17-33-30(39)25-16-24-15-22(29-32-10-13-36(29)6)18-38(24)28(20(25)2)21(3)37-11-8-23(9-12-37)35(4)5/h10,13-16,18,21,23,26H,8-9,11-12,17H2,1-7H3,(H,33,39). The maximum absolute atomic E-state index is 13.7. The van der Waals surface area contributed by atoms with Gasteiger partial charge in [-0.25, -0.2) is 4.98 Å². The van der Waals surface area contributed by atoms with Crippen LogP contribution in [0, 0.1) is 12.8 Å². The summed E-state index contributed by atoms with van der Waals surface area (Å²) >= 11 is 0. The first kappa shape index (κ1) is 28.8. The van der Waals surface area contributed by atoms with Gasteiger partial charge in [0.15, 0.2) is 0 Å². The molecule has 2 amide bonds. The molecule has 41 heavy (non-hydrogen) atoms. The number of methoxy groups -OCH3 is 1. The molecule has 0 bridgehead atoms. The van der Waals surface area contributed by atoms with Crippen molar-refractivity contribution in [1.82, 2.24) is 29.1 Å². The van der Waals surface area contributed by atoms with Crippen molar-refractivity contribution in [1.29, 1.82) is 0 Å². The van der Waals surface area contributed by atoms with E-state index >= 15 is 0 Å². The zero-order valence-corrected chi connectivity index (χ0v) is 25.1. The number of hydrogen-bond acceptors (Lipinski definition) is 6. The number of nitrogens with zero attached hydrogens (tertiary/aromatic N) is 6. The van der Waals surface area contributed by atoms with Crippen LogP contribution in [0.5, 0.6) is 0 Å². The zero-order chi connectivity index (χ0) is 29.4. The predicted molar refractivity (Wildman–Crippen MR) is 160 cm³/mol. The summed E-state index contributed by atoms with van der Waals surface area (Å²) in [6.45, 7) is 8.29. The van der Waals surface area contributed by atoms with Crippen LogP contribution in [0.15, 0.2) is 47.4 Å². The molecule has 1 N–H and O–H groups in total. The van der Waals surface area contributed by atoms with E-state index in [4.69, 9.17) is 4.74 Å². The van der Waals surface area contributed by atoms with Gasteiger partial charge in [0, 0.05) is 85.8 Å². The van der Waals surface area contributed by atoms with Crippen LogP contribution in [0.25, 0.3) is 16.9 Å². The van der Waals surface area contributed by atoms with Gasteiger partial charge in [-0.05, 0) is 65.4 Å². The molecule has 0 saturated carbocycles. The van der Waals surface area contributed by atoms with E-state index in [1.807, 2.05) is 37.7 Å². The molecule has 3 aromatic rings. The number of carbonyl (C=O) groups is 2. The molecule has 10 nitrogen and oxygen atoms in total. The largest absolute Gasteiger partial charge is 0.481 e. The predicted octanol–water partition coefficient (Wildman–Crippen LogP) is 3.61. The summed E-state index contributed by atoms with van der Waals surface area (Å²) in [6, 6.07) is 4.72. The van der Waals surface area contributed by atoms with Gasteiger partial charge in [0.2, 0.25) is 5.90 Å². The fraction of sp³-hybridized carbons (Fsp3) is 0.484. The Morgan fingerprint density at radius 2 is 1.95 bits per heavy atom. The number of pyridine rings is 1. The normalized spacial score (nSPS) is 19.4. The second-order valence-electron chi connectivity index (χ2n) is 11.5. The average Bonchev–Trinajstić information content (AvgIpc) is 3.57. The second-order valence-corrected chi connectivity index (χ2v) is 11.5. The van der Waals surface area contributed by atoms with Crippen LogP contribution in [0.3, 0.4) is 0 Å². The highest BCUT2D eigenvalue weighted by molar-refractivity contribution is 6.03. The minimum Gasteiger partial charge on any atom is -0.481 e. The number of likely N-dealkylation sites (tertiary alicyclic amines) is 1. The fourth-order valence-electron chi connectivity index (χ4n) is 6.21. The summed E-state index contributed by atoms with van der Waals surface area (Å²) in [7, 11) is 7.77. The van der Waals surface area contributed by atoms with Crippen molar-refractivity contribution in [3.05, 3.63) is 59.2 Å². The number of ether oxygens (including phenoxy) is 1. The Bertz CT molecular complexity index is 1520. The van der Waals surface area contributed by atoms with Crippen LogP contribution >= 0.6 is 0 Å². The molecule has 2 unspecified atom stereocenters. The molecule has 0 aliphatic carbocycles. The molecule has 5 heterocycles. The van der Waals surface area contributed by atoms with Crippen LogP contribution in [0.4, 0.5) is 0 Å². The van der Waals surface area contributed by atoms with Gasteiger partial charge in [-0.1, -0.05) is 5.57 Å². The fourth-order valence-corrected chi connectivity index (χ4v) is 6.21. The molecule has 2 aliphatic rings. The van der Waals surface area contributed by atoms with Crippen LogP contribution in [0.1, 0.15) is 54.3 Å². The number of aryl methyl sites for hydroxylation is 1. The van der Waals surface area contributed by atoms with E-state index in [0.29, 0.717) is 17.5 Å². The summed E-state index contributed by atoms with van der Waals surface area (Å²) in [5.74, 6) is 0.141. The number of nitrogens with one attached hydrogen (secondary N) is 1. The van der Waals surface area contributed by atoms with E-state index in [1.54, 1.807) is 12.3 Å². The van der Waals surface area contributed by atoms with Crippen molar-refractivity contribution in [3.63, 3.8) is 0 Å². The summed E-state index contributed by atoms with van der Waals surface area (Å²) in [6.07, 6.45) is 9.82. The molecule has 10 heteroatoms. The molecule has 0 radical (unpaired) electrons. The lowest BCUT2D eigenvalue weighted by Crippen LogP contribution is -2.43. The number of aliphatic imine (C=N–C) groups is 1. The van der Waals surface area contributed by atoms with Crippen LogP contribution in [-0.2, 0) is 16.6 Å². The van der Waals surface area contributed by atoms with Crippen LogP contribution < -0.4 is 5.32 Å². The minimum atomic E-state index is -0.512. The Morgan fingerprint density at radius 1 is 1.22 bits per heavy atom. The molecular formula is C31H41N7O3. The van der Waals surface area contributed by atoms with Crippen LogP contribution in [-0.4, -0.2) is 88.3 Å². The van der Waals surface area contributed by atoms with E-state index in [0.717, 1.165) is 59.7 Å². The summed E-state index contributed by atoms with van der Waals surface area (Å²) in [5, 5.41) is 3.02. The third-order valence-corrected chi connectivity index (χ3v) is 8.78. The number of piperidine rings is 1. The summed E-state index contributed by atoms with van der Waals surface area (Å²) in [4.78, 5) is 39.7. The molecule has 1 fully saturated rings. The number of rotatable bonds is 7. The van der Waals surface area contributed by atoms with Gasteiger partial charge in [0.05, 0.1) is 13.0 Å². The zero-order valence-electron chi connectivity index (χ0n) is 25.1. The molecule has 1 saturated heterocycles. The van der Waals surface area contributed by atoms with Crippen LogP contribution in [0.2, 0.25) is 0 Å². The summed E-state index contributed by atoms with van der Waals surface area (Å²) < 4.78 is 9.34. The molecule has 218 valence electrons. The lowest BCUT2D eigenvalue weighted by atomic mass is 9.96. The first-order chi connectivity index (χ1) is 19.6. The quantitative estimate of drug-likeness (QED) is 0.475. The second kappa shape index (κ2) is 11.6. The van der Waals surface area contributed by atoms with Gasteiger partial charge in [-0.2, -0.15) is 4.99 Å². The monoisotopic (exact) mass is 559 g/mol. The number of imidazole rings is 1. The molecular weight excluding hydrogens is 518 g/mol. The van der Waals surface area contributed by atoms with Crippen molar-refractivity contribution >= 4 is 23.2 Å². The number of fused-ring (bicyclic) bond motifs is 1. The SMILES string of the molecule is COC1=NC(=O)C(CNC(=O)c2cc3cc(-c4nccn4C)cn3c(C(C)N3CCC(N(C)C)CC3)c2C)C(C)=C1. The molecule has 5 rings (SSSR count). The third kappa shape index (κ3) is 5.58. The Hall–Kier alpha value is -3.76. The first-order valence-electron chi connectivity index (χ1n) is 14.3. The Kier molecular flexibility index (Phi) is 8.15. The maximum Gasteiger partial charge on any atom is 0.257 e. The lowest BCUT2D eigenvalue weighted by molar-refractivity contribution is -0.120. The van der Waals surface area contributed by atoms with E-state index in [9.17, 15) is 9.59 Å². The van der Waals surface area contributed by atoms with Gasteiger partial charge < -0.3 is 23.9 Å². The lowest BCUT2D eigenvalue weighted by Gasteiger charge is -2.39. The number of carbonyl (C=O) groups excluding carboxylic acids is 2. The van der Waals surface area contributed by atoms with Gasteiger partial charge in [-0.15, -0.1) is 0 Å². The van der Waals surface area contributed by atoms with Crippen molar-refractivity contribution in [2.75, 3.05) is 40.8 Å². The third-order valence-electron chi connectivity index (χ3n) is 8.78. The minimum absolute atomic E-state index is 0.0990. The topological polar surface area (TPSA) is 96.5 Å². The maximum atomic E-state index is 13.7. The van der Waals surface area contributed by atoms with Crippen molar-refractivity contribution < 1.29 is 14.3 Å². The van der Waals surface area contributed by atoms with E-state index in [1.165, 1.54) is 7.11 Å². The highest BCUT2D eigenvalue weighted by Gasteiger charge is 2.30. The molecule has 2 aliphatic heterocycles. The number of hydrogen-bond donors (Lipinski definition) is 1. The number of dihydropyridines is 1. The van der Waals surface area contributed by atoms with Gasteiger partial charge in [-0.3, -0.25) is 14.5 Å². The van der Waals surface area contributed by atoms with E-state index in [2.05, 4.69) is 62.8 Å². The Labute approximate surface area is 241 Å². The Balaban J connectivity index is 1.48. The molecule has 3 aromatic heterocycles.